The van der Waals surface area contributed by atoms with E-state index < -0.39 is 11.4 Å². The molecule has 1 aromatic rings. The molecule has 1 saturated carbocycles. The molecule has 1 aromatic carbocycles. The number of carboxylic acids is 1. The van der Waals surface area contributed by atoms with E-state index in [4.69, 9.17) is 4.74 Å². The average molecular weight is 299 g/mol. The van der Waals surface area contributed by atoms with Gasteiger partial charge in [0.2, 0.25) is 0 Å². The van der Waals surface area contributed by atoms with E-state index in [1.54, 1.807) is 7.11 Å². The van der Waals surface area contributed by atoms with E-state index in [1.807, 2.05) is 19.9 Å². The Labute approximate surface area is 109 Å². The number of aliphatic carboxylic acids is 1. The molecule has 1 fully saturated rings. The maximum absolute atomic E-state index is 11.5. The van der Waals surface area contributed by atoms with Crippen molar-refractivity contribution in [2.45, 2.75) is 32.1 Å². The van der Waals surface area contributed by atoms with Crippen LogP contribution in [0.15, 0.2) is 10.5 Å². The van der Waals surface area contributed by atoms with Gasteiger partial charge in [-0.2, -0.15) is 0 Å². The molecule has 1 N–H and O–H groups in total. The summed E-state index contributed by atoms with van der Waals surface area (Å²) < 4.78 is 6.20. The van der Waals surface area contributed by atoms with Crippen LogP contribution in [0, 0.1) is 13.8 Å². The lowest BCUT2D eigenvalue weighted by Gasteiger charge is -2.20. The summed E-state index contributed by atoms with van der Waals surface area (Å²) >= 11 is 3.44. The van der Waals surface area contributed by atoms with Gasteiger partial charge < -0.3 is 9.84 Å². The molecule has 1 aliphatic rings. The standard InChI is InChI=1S/C13H15BrO3/c1-7-6-9(14)11(17-3)10(8(7)2)13(4-5-13)12(15)16/h6H,4-5H2,1-3H3,(H,15,16). The molecule has 0 radical (unpaired) electrons. The topological polar surface area (TPSA) is 46.5 Å². The van der Waals surface area contributed by atoms with Gasteiger partial charge in [0.15, 0.2) is 0 Å². The zero-order valence-electron chi connectivity index (χ0n) is 10.1. The summed E-state index contributed by atoms with van der Waals surface area (Å²) in [4.78, 5) is 11.5. The summed E-state index contributed by atoms with van der Waals surface area (Å²) in [6, 6.07) is 1.97. The van der Waals surface area contributed by atoms with Crippen molar-refractivity contribution in [2.75, 3.05) is 7.11 Å². The Morgan fingerprint density at radius 2 is 2.06 bits per heavy atom. The van der Waals surface area contributed by atoms with Crippen molar-refractivity contribution in [3.63, 3.8) is 0 Å². The van der Waals surface area contributed by atoms with E-state index in [2.05, 4.69) is 15.9 Å². The molecule has 0 saturated heterocycles. The molecule has 2 rings (SSSR count). The highest BCUT2D eigenvalue weighted by Crippen LogP contribution is 2.54. The third kappa shape index (κ3) is 1.75. The van der Waals surface area contributed by atoms with Gasteiger partial charge in [-0.25, -0.2) is 0 Å². The van der Waals surface area contributed by atoms with Crippen LogP contribution in [0.3, 0.4) is 0 Å². The van der Waals surface area contributed by atoms with Crippen molar-refractivity contribution in [3.8, 4) is 5.75 Å². The first kappa shape index (κ1) is 12.4. The fourth-order valence-electron chi connectivity index (χ4n) is 2.32. The van der Waals surface area contributed by atoms with Gasteiger partial charge in [-0.1, -0.05) is 0 Å². The van der Waals surface area contributed by atoms with Crippen LogP contribution in [-0.4, -0.2) is 18.2 Å². The Morgan fingerprint density at radius 1 is 1.47 bits per heavy atom. The van der Waals surface area contributed by atoms with Crippen LogP contribution in [-0.2, 0) is 10.2 Å². The zero-order chi connectivity index (χ0) is 12.8. The van der Waals surface area contributed by atoms with E-state index in [-0.39, 0.29) is 0 Å². The van der Waals surface area contributed by atoms with Gasteiger partial charge in [0.1, 0.15) is 5.75 Å². The molecule has 0 unspecified atom stereocenters. The van der Waals surface area contributed by atoms with Gasteiger partial charge in [0, 0.05) is 5.56 Å². The predicted molar refractivity (Wildman–Crippen MR) is 68.7 cm³/mol. The molecule has 4 heteroatoms. The number of halogens is 1. The van der Waals surface area contributed by atoms with Crippen LogP contribution >= 0.6 is 15.9 Å². The molecule has 0 aromatic heterocycles. The van der Waals surface area contributed by atoms with Crippen molar-refractivity contribution in [3.05, 3.63) is 27.2 Å². The molecule has 92 valence electrons. The molecule has 0 amide bonds. The van der Waals surface area contributed by atoms with Crippen molar-refractivity contribution in [1.82, 2.24) is 0 Å². The number of carbonyl (C=O) groups is 1. The minimum absolute atomic E-state index is 0.660. The Bertz CT molecular complexity index is 490. The van der Waals surface area contributed by atoms with Crippen LogP contribution in [0.2, 0.25) is 0 Å². The number of ether oxygens (including phenoxy) is 1. The maximum Gasteiger partial charge on any atom is 0.314 e. The smallest absolute Gasteiger partial charge is 0.314 e. The summed E-state index contributed by atoms with van der Waals surface area (Å²) in [5, 5.41) is 9.41. The molecule has 0 bridgehead atoms. The molecule has 0 atom stereocenters. The molecule has 17 heavy (non-hydrogen) atoms. The van der Waals surface area contributed by atoms with Gasteiger partial charge in [-0.3, -0.25) is 4.79 Å². The summed E-state index contributed by atoms with van der Waals surface area (Å²) in [6.07, 6.45) is 1.38. The highest BCUT2D eigenvalue weighted by molar-refractivity contribution is 9.10. The van der Waals surface area contributed by atoms with E-state index in [0.29, 0.717) is 18.6 Å². The number of carboxylic acid groups (broad SMARTS) is 1. The summed E-state index contributed by atoms with van der Waals surface area (Å²) in [7, 11) is 1.58. The summed E-state index contributed by atoms with van der Waals surface area (Å²) in [6.45, 7) is 3.95. The van der Waals surface area contributed by atoms with Gasteiger partial charge >= 0.3 is 5.97 Å². The largest absolute Gasteiger partial charge is 0.495 e. The van der Waals surface area contributed by atoms with Crippen LogP contribution in [0.5, 0.6) is 5.75 Å². The van der Waals surface area contributed by atoms with Crippen LogP contribution in [0.4, 0.5) is 0 Å². The first-order valence-electron chi connectivity index (χ1n) is 5.51. The second kappa shape index (κ2) is 4.02. The molecule has 0 aliphatic heterocycles. The minimum atomic E-state index is -0.753. The van der Waals surface area contributed by atoms with Gasteiger partial charge in [0.25, 0.3) is 0 Å². The second-order valence-corrected chi connectivity index (χ2v) is 5.45. The summed E-state index contributed by atoms with van der Waals surface area (Å²) in [5.74, 6) is -0.0931. The Morgan fingerprint density at radius 3 is 2.47 bits per heavy atom. The first-order chi connectivity index (χ1) is 7.94. The molecule has 3 nitrogen and oxygen atoms in total. The van der Waals surface area contributed by atoms with Crippen LogP contribution in [0.1, 0.15) is 29.5 Å². The highest BCUT2D eigenvalue weighted by Gasteiger charge is 2.54. The molecular formula is C13H15BrO3. The number of hydrogen-bond donors (Lipinski definition) is 1. The van der Waals surface area contributed by atoms with Gasteiger partial charge in [0.05, 0.1) is 17.0 Å². The van der Waals surface area contributed by atoms with Crippen molar-refractivity contribution >= 4 is 21.9 Å². The van der Waals surface area contributed by atoms with Crippen LogP contribution in [0.25, 0.3) is 0 Å². The third-order valence-electron chi connectivity index (χ3n) is 3.60. The Balaban J connectivity index is 2.71. The van der Waals surface area contributed by atoms with E-state index in [0.717, 1.165) is 21.2 Å². The number of benzene rings is 1. The monoisotopic (exact) mass is 298 g/mol. The van der Waals surface area contributed by atoms with Crippen molar-refractivity contribution in [1.29, 1.82) is 0 Å². The lowest BCUT2D eigenvalue weighted by molar-refractivity contribution is -0.140. The molecular weight excluding hydrogens is 284 g/mol. The number of methoxy groups -OCH3 is 1. The third-order valence-corrected chi connectivity index (χ3v) is 4.18. The van der Waals surface area contributed by atoms with E-state index in [1.165, 1.54) is 0 Å². The SMILES string of the molecule is COc1c(Br)cc(C)c(C)c1C1(C(=O)O)CC1. The van der Waals surface area contributed by atoms with E-state index in [9.17, 15) is 9.90 Å². The lowest BCUT2D eigenvalue weighted by atomic mass is 9.88. The minimum Gasteiger partial charge on any atom is -0.495 e. The van der Waals surface area contributed by atoms with Gasteiger partial charge in [-0.05, 0) is 59.8 Å². The average Bonchev–Trinajstić information content (AvgIpc) is 3.04. The number of hydrogen-bond acceptors (Lipinski definition) is 2. The normalized spacial score (nSPS) is 16.7. The predicted octanol–water partition coefficient (Wildman–Crippen LogP) is 3.19. The Hall–Kier alpha value is -1.03. The summed E-state index contributed by atoms with van der Waals surface area (Å²) in [5.41, 5.74) is 2.20. The lowest BCUT2D eigenvalue weighted by Crippen LogP contribution is -2.22. The fourth-order valence-corrected chi connectivity index (χ4v) is 3.03. The quantitative estimate of drug-likeness (QED) is 0.932. The highest BCUT2D eigenvalue weighted by atomic mass is 79.9. The molecule has 0 spiro atoms. The van der Waals surface area contributed by atoms with Crippen molar-refractivity contribution in [2.24, 2.45) is 0 Å². The van der Waals surface area contributed by atoms with Gasteiger partial charge in [-0.15, -0.1) is 0 Å². The zero-order valence-corrected chi connectivity index (χ0v) is 11.7. The van der Waals surface area contributed by atoms with Crippen molar-refractivity contribution < 1.29 is 14.6 Å². The number of aryl methyl sites for hydroxylation is 1. The fraction of sp³-hybridized carbons (Fsp3) is 0.462. The second-order valence-electron chi connectivity index (χ2n) is 4.60. The van der Waals surface area contributed by atoms with Crippen LogP contribution < -0.4 is 4.74 Å². The molecule has 1 aliphatic carbocycles. The first-order valence-corrected chi connectivity index (χ1v) is 6.31. The maximum atomic E-state index is 11.5. The number of rotatable bonds is 3. The Kier molecular flexibility index (Phi) is 2.94. The molecule has 0 heterocycles. The van der Waals surface area contributed by atoms with E-state index >= 15 is 0 Å².